The number of benzene rings is 2. The van der Waals surface area contributed by atoms with E-state index in [1.54, 1.807) is 6.20 Å². The molecule has 0 bridgehead atoms. The van der Waals surface area contributed by atoms with Crippen LogP contribution in [0.15, 0.2) is 71.7 Å². The van der Waals surface area contributed by atoms with Gasteiger partial charge in [0, 0.05) is 18.2 Å². The molecule has 184 valence electrons. The van der Waals surface area contributed by atoms with Crippen molar-refractivity contribution in [1.29, 1.82) is 0 Å². The molecule has 7 heteroatoms. The SMILES string of the molecule is CCCCC(C(=O)N[C@@H](CC(=O)O)c1ccc(F)cc1)n1cc(C)cc(Cc2ccccc2)c1=O. The highest BCUT2D eigenvalue weighted by Crippen LogP contribution is 2.22. The third-order valence-electron chi connectivity index (χ3n) is 5.93. The second-order valence-corrected chi connectivity index (χ2v) is 8.79. The van der Waals surface area contributed by atoms with Crippen LogP contribution in [0.1, 0.15) is 66.9 Å². The van der Waals surface area contributed by atoms with Crippen molar-refractivity contribution in [3.8, 4) is 0 Å². The summed E-state index contributed by atoms with van der Waals surface area (Å²) in [6, 6.07) is 15.2. The third-order valence-corrected chi connectivity index (χ3v) is 5.93. The second-order valence-electron chi connectivity index (χ2n) is 8.79. The van der Waals surface area contributed by atoms with Crippen LogP contribution in [0.5, 0.6) is 0 Å². The summed E-state index contributed by atoms with van der Waals surface area (Å²) in [5.41, 5.74) is 2.68. The van der Waals surface area contributed by atoms with Crippen molar-refractivity contribution < 1.29 is 19.1 Å². The number of hydrogen-bond acceptors (Lipinski definition) is 3. The Morgan fingerprint density at radius 1 is 1.09 bits per heavy atom. The van der Waals surface area contributed by atoms with Gasteiger partial charge in [0.2, 0.25) is 5.91 Å². The predicted octanol–water partition coefficient (Wildman–Crippen LogP) is 4.95. The van der Waals surface area contributed by atoms with Gasteiger partial charge in [-0.3, -0.25) is 14.4 Å². The number of carboxylic acids is 1. The molecule has 0 aliphatic rings. The smallest absolute Gasteiger partial charge is 0.305 e. The summed E-state index contributed by atoms with van der Waals surface area (Å²) in [5, 5.41) is 12.2. The fourth-order valence-electron chi connectivity index (χ4n) is 4.18. The number of aromatic nitrogens is 1. The van der Waals surface area contributed by atoms with E-state index in [1.165, 1.54) is 28.8 Å². The Bertz CT molecular complexity index is 1210. The monoisotopic (exact) mass is 478 g/mol. The Labute approximate surface area is 204 Å². The Morgan fingerprint density at radius 3 is 2.40 bits per heavy atom. The number of amides is 1. The average Bonchev–Trinajstić information content (AvgIpc) is 2.82. The average molecular weight is 479 g/mol. The molecule has 3 rings (SSSR count). The van der Waals surface area contributed by atoms with Crippen molar-refractivity contribution >= 4 is 11.9 Å². The van der Waals surface area contributed by atoms with Gasteiger partial charge in [-0.15, -0.1) is 0 Å². The predicted molar refractivity (Wildman–Crippen MR) is 133 cm³/mol. The van der Waals surface area contributed by atoms with Gasteiger partial charge in [0.25, 0.3) is 5.56 Å². The molecule has 2 atom stereocenters. The highest BCUT2D eigenvalue weighted by atomic mass is 19.1. The summed E-state index contributed by atoms with van der Waals surface area (Å²) in [6.07, 6.45) is 3.74. The number of carbonyl (C=O) groups is 2. The number of hydrogen-bond donors (Lipinski definition) is 2. The van der Waals surface area contributed by atoms with E-state index in [0.29, 0.717) is 30.4 Å². The minimum Gasteiger partial charge on any atom is -0.481 e. The molecule has 2 aromatic carbocycles. The number of carboxylic acid groups (broad SMARTS) is 1. The Hall–Kier alpha value is -3.74. The molecule has 0 aliphatic carbocycles. The number of nitrogens with zero attached hydrogens (tertiary/aromatic N) is 1. The van der Waals surface area contributed by atoms with E-state index >= 15 is 0 Å². The molecule has 0 aliphatic heterocycles. The van der Waals surface area contributed by atoms with Crippen LogP contribution in [0, 0.1) is 12.7 Å². The molecule has 0 spiro atoms. The lowest BCUT2D eigenvalue weighted by atomic mass is 10.0. The Balaban J connectivity index is 1.95. The van der Waals surface area contributed by atoms with Crippen molar-refractivity contribution in [2.75, 3.05) is 0 Å². The zero-order chi connectivity index (χ0) is 25.4. The van der Waals surface area contributed by atoms with Gasteiger partial charge in [0.05, 0.1) is 12.5 Å². The first kappa shape index (κ1) is 25.9. The van der Waals surface area contributed by atoms with E-state index < -0.39 is 29.8 Å². The zero-order valence-corrected chi connectivity index (χ0v) is 20.0. The quantitative estimate of drug-likeness (QED) is 0.408. The van der Waals surface area contributed by atoms with Crippen LogP contribution in [-0.4, -0.2) is 21.6 Å². The lowest BCUT2D eigenvalue weighted by molar-refractivity contribution is -0.137. The van der Waals surface area contributed by atoms with Crippen molar-refractivity contribution in [3.63, 3.8) is 0 Å². The first-order chi connectivity index (χ1) is 16.8. The van der Waals surface area contributed by atoms with Crippen molar-refractivity contribution in [2.24, 2.45) is 0 Å². The number of halogens is 1. The second kappa shape index (κ2) is 12.1. The fourth-order valence-corrected chi connectivity index (χ4v) is 4.18. The minimum atomic E-state index is -1.09. The minimum absolute atomic E-state index is 0.243. The molecule has 1 heterocycles. The molecular weight excluding hydrogens is 447 g/mol. The van der Waals surface area contributed by atoms with Gasteiger partial charge in [0.15, 0.2) is 0 Å². The molecule has 0 saturated heterocycles. The van der Waals surface area contributed by atoms with E-state index in [2.05, 4.69) is 5.32 Å². The Kier molecular flexibility index (Phi) is 8.95. The van der Waals surface area contributed by atoms with Crippen LogP contribution < -0.4 is 10.9 Å². The fraction of sp³-hybridized carbons (Fsp3) is 0.321. The summed E-state index contributed by atoms with van der Waals surface area (Å²) < 4.78 is 14.9. The summed E-state index contributed by atoms with van der Waals surface area (Å²) in [6.45, 7) is 3.88. The third kappa shape index (κ3) is 7.12. The molecule has 1 amide bonds. The van der Waals surface area contributed by atoms with Crippen LogP contribution >= 0.6 is 0 Å². The van der Waals surface area contributed by atoms with Gasteiger partial charge in [0.1, 0.15) is 11.9 Å². The molecule has 0 fully saturated rings. The van der Waals surface area contributed by atoms with Gasteiger partial charge >= 0.3 is 5.97 Å². The van der Waals surface area contributed by atoms with Crippen LogP contribution in [-0.2, 0) is 16.0 Å². The molecule has 1 aromatic heterocycles. The van der Waals surface area contributed by atoms with E-state index in [0.717, 1.165) is 17.5 Å². The summed E-state index contributed by atoms with van der Waals surface area (Å²) >= 11 is 0. The first-order valence-electron chi connectivity index (χ1n) is 11.8. The lowest BCUT2D eigenvalue weighted by Gasteiger charge is -2.24. The van der Waals surface area contributed by atoms with Crippen molar-refractivity contribution in [1.82, 2.24) is 9.88 Å². The van der Waals surface area contributed by atoms with E-state index in [-0.39, 0.29) is 12.0 Å². The van der Waals surface area contributed by atoms with Crippen LogP contribution in [0.2, 0.25) is 0 Å². The molecule has 2 N–H and O–H groups in total. The van der Waals surface area contributed by atoms with E-state index in [4.69, 9.17) is 0 Å². The normalized spacial score (nSPS) is 12.7. The number of aliphatic carboxylic acids is 1. The molecule has 1 unspecified atom stereocenters. The van der Waals surface area contributed by atoms with Gasteiger partial charge in [-0.05, 0) is 48.2 Å². The highest BCUT2D eigenvalue weighted by Gasteiger charge is 2.26. The molecule has 0 saturated carbocycles. The standard InChI is InChI=1S/C28H31FN2O4/c1-3-4-10-25(27(34)30-24(17-26(32)33)21-11-13-23(29)14-12-21)31-18-19(2)15-22(28(31)35)16-20-8-6-5-7-9-20/h5-9,11-15,18,24-25H,3-4,10,16-17H2,1-2H3,(H,30,34)(H,32,33)/t24-,25?/m0/s1. The molecule has 0 radical (unpaired) electrons. The maximum Gasteiger partial charge on any atom is 0.305 e. The van der Waals surface area contributed by atoms with Crippen LogP contribution in [0.25, 0.3) is 0 Å². The van der Waals surface area contributed by atoms with E-state index in [1.807, 2.05) is 50.2 Å². The van der Waals surface area contributed by atoms with E-state index in [9.17, 15) is 23.9 Å². The van der Waals surface area contributed by atoms with Crippen molar-refractivity contribution in [3.05, 3.63) is 105 Å². The summed E-state index contributed by atoms with van der Waals surface area (Å²) in [5.74, 6) is -1.98. The van der Waals surface area contributed by atoms with Crippen molar-refractivity contribution in [2.45, 2.75) is 58.0 Å². The molecule has 35 heavy (non-hydrogen) atoms. The molecular formula is C28H31FN2O4. The lowest BCUT2D eigenvalue weighted by Crippen LogP contribution is -2.40. The first-order valence-corrected chi connectivity index (χ1v) is 11.8. The number of pyridine rings is 1. The van der Waals surface area contributed by atoms with Gasteiger partial charge in [-0.25, -0.2) is 4.39 Å². The number of unbranched alkanes of at least 4 members (excludes halogenated alkanes) is 1. The topological polar surface area (TPSA) is 88.4 Å². The largest absolute Gasteiger partial charge is 0.481 e. The molecule has 6 nitrogen and oxygen atoms in total. The Morgan fingerprint density at radius 2 is 1.77 bits per heavy atom. The maximum atomic E-state index is 13.5. The maximum absolute atomic E-state index is 13.5. The van der Waals surface area contributed by atoms with Crippen LogP contribution in [0.4, 0.5) is 4.39 Å². The number of carbonyl (C=O) groups excluding carboxylic acids is 1. The van der Waals surface area contributed by atoms with Gasteiger partial charge in [-0.1, -0.05) is 62.2 Å². The highest BCUT2D eigenvalue weighted by molar-refractivity contribution is 5.81. The van der Waals surface area contributed by atoms with Gasteiger partial charge in [-0.2, -0.15) is 0 Å². The van der Waals surface area contributed by atoms with Crippen LogP contribution in [0.3, 0.4) is 0 Å². The molecule has 3 aromatic rings. The summed E-state index contributed by atoms with van der Waals surface area (Å²) in [4.78, 5) is 38.4. The number of nitrogens with one attached hydrogen (secondary N) is 1. The van der Waals surface area contributed by atoms with Gasteiger partial charge < -0.3 is 15.0 Å². The number of rotatable bonds is 11. The zero-order valence-electron chi connectivity index (χ0n) is 20.0. The summed E-state index contributed by atoms with van der Waals surface area (Å²) in [7, 11) is 0. The number of aryl methyl sites for hydroxylation is 1.